The van der Waals surface area contributed by atoms with Crippen LogP contribution in [0.3, 0.4) is 0 Å². The predicted molar refractivity (Wildman–Crippen MR) is 84.6 cm³/mol. The van der Waals surface area contributed by atoms with Crippen LogP contribution in [-0.2, 0) is 16.6 Å². The van der Waals surface area contributed by atoms with E-state index in [2.05, 4.69) is 5.32 Å². The number of nitrogens with zero attached hydrogens (tertiary/aromatic N) is 1. The Balaban J connectivity index is 3.12. The molecular weight excluding hydrogens is 288 g/mol. The Kier molecular flexibility index (Phi) is 6.90. The van der Waals surface area contributed by atoms with Gasteiger partial charge < -0.3 is 9.73 Å². The molecule has 0 unspecified atom stereocenters. The fourth-order valence-corrected chi connectivity index (χ4v) is 4.25. The summed E-state index contributed by atoms with van der Waals surface area (Å²) < 4.78 is 32.8. The lowest BCUT2D eigenvalue weighted by atomic mass is 10.1. The van der Waals surface area contributed by atoms with Crippen molar-refractivity contribution in [2.75, 3.05) is 13.6 Å². The topological polar surface area (TPSA) is 62.6 Å². The summed E-state index contributed by atoms with van der Waals surface area (Å²) in [4.78, 5) is 0. The molecule has 1 N–H and O–H groups in total. The summed E-state index contributed by atoms with van der Waals surface area (Å²) >= 11 is 0. The molecule has 0 saturated heterocycles. The monoisotopic (exact) mass is 316 g/mol. The van der Waals surface area contributed by atoms with Crippen molar-refractivity contribution in [1.82, 2.24) is 9.62 Å². The number of hydrogen-bond acceptors (Lipinski definition) is 4. The zero-order valence-electron chi connectivity index (χ0n) is 13.7. The minimum absolute atomic E-state index is 0.00949. The maximum Gasteiger partial charge on any atom is 0.276 e. The summed E-state index contributed by atoms with van der Waals surface area (Å²) in [5, 5.41) is 3.00. The van der Waals surface area contributed by atoms with E-state index in [-0.39, 0.29) is 17.1 Å². The smallest absolute Gasteiger partial charge is 0.276 e. The standard InChI is InChI=1S/C15H28N2O3S/c1-6-13(7-2)17(11-12(3)4)21(18,19)15-9-8-14(20-15)10-16-5/h8-9,12-13,16H,6-7,10-11H2,1-5H3. The second-order valence-corrected chi connectivity index (χ2v) is 7.51. The molecule has 0 aliphatic rings. The Bertz CT molecular complexity index is 519. The average molecular weight is 316 g/mol. The maximum atomic E-state index is 12.9. The highest BCUT2D eigenvalue weighted by Gasteiger charge is 2.32. The molecule has 0 amide bonds. The van der Waals surface area contributed by atoms with Crippen LogP contribution >= 0.6 is 0 Å². The Morgan fingerprint density at radius 1 is 1.24 bits per heavy atom. The third-order valence-electron chi connectivity index (χ3n) is 3.45. The van der Waals surface area contributed by atoms with E-state index in [0.717, 1.165) is 12.8 Å². The van der Waals surface area contributed by atoms with Crippen LogP contribution in [0.5, 0.6) is 0 Å². The lowest BCUT2D eigenvalue weighted by Gasteiger charge is -2.30. The fraction of sp³-hybridized carbons (Fsp3) is 0.733. The minimum Gasteiger partial charge on any atom is -0.447 e. The van der Waals surface area contributed by atoms with Gasteiger partial charge in [0.15, 0.2) is 0 Å². The van der Waals surface area contributed by atoms with Crippen molar-refractivity contribution in [2.45, 2.75) is 58.2 Å². The van der Waals surface area contributed by atoms with Crippen LogP contribution in [0.1, 0.15) is 46.3 Å². The summed E-state index contributed by atoms with van der Waals surface area (Å²) in [6, 6.07) is 3.27. The fourth-order valence-electron chi connectivity index (χ4n) is 2.38. The van der Waals surface area contributed by atoms with Crippen LogP contribution in [0.4, 0.5) is 0 Å². The highest BCUT2D eigenvalue weighted by molar-refractivity contribution is 7.89. The number of rotatable bonds is 9. The van der Waals surface area contributed by atoms with Gasteiger partial charge in [0, 0.05) is 12.6 Å². The van der Waals surface area contributed by atoms with Crippen LogP contribution in [0.25, 0.3) is 0 Å². The van der Waals surface area contributed by atoms with Crippen molar-refractivity contribution < 1.29 is 12.8 Å². The molecule has 0 spiro atoms. The van der Waals surface area contributed by atoms with Gasteiger partial charge in [-0.05, 0) is 37.9 Å². The number of sulfonamides is 1. The lowest BCUT2D eigenvalue weighted by molar-refractivity contribution is 0.267. The first-order valence-corrected chi connectivity index (χ1v) is 9.05. The van der Waals surface area contributed by atoms with E-state index in [9.17, 15) is 8.42 Å². The Hall–Kier alpha value is -0.850. The van der Waals surface area contributed by atoms with Crippen molar-refractivity contribution in [2.24, 2.45) is 5.92 Å². The molecule has 0 bridgehead atoms. The Morgan fingerprint density at radius 2 is 1.86 bits per heavy atom. The molecule has 6 heteroatoms. The van der Waals surface area contributed by atoms with Crippen molar-refractivity contribution in [3.8, 4) is 0 Å². The van der Waals surface area contributed by atoms with Crippen molar-refractivity contribution in [3.63, 3.8) is 0 Å². The zero-order valence-corrected chi connectivity index (χ0v) is 14.5. The molecule has 21 heavy (non-hydrogen) atoms. The molecule has 5 nitrogen and oxygen atoms in total. The van der Waals surface area contributed by atoms with Crippen molar-refractivity contribution >= 4 is 10.0 Å². The SMILES string of the molecule is CCC(CC)N(CC(C)C)S(=O)(=O)c1ccc(CNC)o1. The average Bonchev–Trinajstić information content (AvgIpc) is 2.88. The molecule has 0 fully saturated rings. The molecule has 1 aromatic heterocycles. The van der Waals surface area contributed by atoms with Gasteiger partial charge in [-0.15, -0.1) is 0 Å². The second kappa shape index (κ2) is 7.96. The van der Waals surface area contributed by atoms with Gasteiger partial charge in [-0.25, -0.2) is 8.42 Å². The van der Waals surface area contributed by atoms with E-state index in [1.54, 1.807) is 23.5 Å². The van der Waals surface area contributed by atoms with Gasteiger partial charge in [0.2, 0.25) is 5.09 Å². The first-order chi connectivity index (χ1) is 9.86. The normalized spacial score (nSPS) is 12.8. The van der Waals surface area contributed by atoms with Crippen LogP contribution in [0.2, 0.25) is 0 Å². The number of nitrogens with one attached hydrogen (secondary N) is 1. The van der Waals surface area contributed by atoms with E-state index in [4.69, 9.17) is 4.42 Å². The lowest BCUT2D eigenvalue weighted by Crippen LogP contribution is -2.41. The zero-order chi connectivity index (χ0) is 16.0. The van der Waals surface area contributed by atoms with Crippen molar-refractivity contribution in [3.05, 3.63) is 17.9 Å². The number of furan rings is 1. The molecule has 122 valence electrons. The highest BCUT2D eigenvalue weighted by atomic mass is 32.2. The van der Waals surface area contributed by atoms with Crippen LogP contribution in [0, 0.1) is 5.92 Å². The third-order valence-corrected chi connectivity index (χ3v) is 5.24. The summed E-state index contributed by atoms with van der Waals surface area (Å²) in [5.74, 6) is 0.900. The molecule has 1 aromatic rings. The van der Waals surface area contributed by atoms with Gasteiger partial charge in [-0.3, -0.25) is 0 Å². The van der Waals surface area contributed by atoms with Gasteiger partial charge in [-0.2, -0.15) is 4.31 Å². The first kappa shape index (κ1) is 18.2. The summed E-state index contributed by atoms with van der Waals surface area (Å²) in [6.45, 7) is 9.12. The highest BCUT2D eigenvalue weighted by Crippen LogP contribution is 2.24. The van der Waals surface area contributed by atoms with Crippen molar-refractivity contribution in [1.29, 1.82) is 0 Å². The second-order valence-electron chi connectivity index (χ2n) is 5.69. The molecule has 0 saturated carbocycles. The molecule has 0 aliphatic heterocycles. The minimum atomic E-state index is -3.58. The maximum absolute atomic E-state index is 12.9. The van der Waals surface area contributed by atoms with Gasteiger partial charge in [0.25, 0.3) is 10.0 Å². The molecule has 1 rings (SSSR count). The third kappa shape index (κ3) is 4.56. The van der Waals surface area contributed by atoms with Crippen LogP contribution in [-0.4, -0.2) is 32.4 Å². The molecule has 0 aliphatic carbocycles. The first-order valence-electron chi connectivity index (χ1n) is 7.61. The predicted octanol–water partition coefficient (Wildman–Crippen LogP) is 2.83. The molecule has 0 radical (unpaired) electrons. The summed E-state index contributed by atoms with van der Waals surface area (Å²) in [5.41, 5.74) is 0. The van der Waals surface area contributed by atoms with E-state index in [1.165, 1.54) is 0 Å². The summed E-state index contributed by atoms with van der Waals surface area (Å²) in [6.07, 6.45) is 1.60. The van der Waals surface area contributed by atoms with Crippen LogP contribution < -0.4 is 5.32 Å². The molecule has 0 aromatic carbocycles. The van der Waals surface area contributed by atoms with Crippen LogP contribution in [0.15, 0.2) is 21.6 Å². The quantitative estimate of drug-likeness (QED) is 0.761. The number of hydrogen-bond donors (Lipinski definition) is 1. The Morgan fingerprint density at radius 3 is 2.33 bits per heavy atom. The van der Waals surface area contributed by atoms with Gasteiger partial charge in [-0.1, -0.05) is 27.7 Å². The molecule has 0 atom stereocenters. The van der Waals surface area contributed by atoms with Gasteiger partial charge in [0.05, 0.1) is 6.54 Å². The van der Waals surface area contributed by atoms with E-state index < -0.39 is 10.0 Å². The molecule has 1 heterocycles. The van der Waals surface area contributed by atoms with E-state index >= 15 is 0 Å². The largest absolute Gasteiger partial charge is 0.447 e. The summed E-state index contributed by atoms with van der Waals surface area (Å²) in [7, 11) is -1.78. The molecular formula is C15H28N2O3S. The Labute approximate surface area is 128 Å². The van der Waals surface area contributed by atoms with E-state index in [0.29, 0.717) is 18.8 Å². The van der Waals surface area contributed by atoms with Gasteiger partial charge in [0.1, 0.15) is 5.76 Å². The van der Waals surface area contributed by atoms with Gasteiger partial charge >= 0.3 is 0 Å². The van der Waals surface area contributed by atoms with E-state index in [1.807, 2.05) is 27.7 Å².